The van der Waals surface area contributed by atoms with Gasteiger partial charge in [0.05, 0.1) is 0 Å². The molecule has 0 heterocycles. The quantitative estimate of drug-likeness (QED) is 0.273. The molecule has 0 bridgehead atoms. The number of hydrogen-bond donors (Lipinski definition) is 5. The Labute approximate surface area is 119 Å². The molecule has 0 radical (unpaired) electrons. The van der Waals surface area contributed by atoms with E-state index >= 15 is 0 Å². The van der Waals surface area contributed by atoms with Crippen LogP contribution in [0.15, 0.2) is 0 Å². The van der Waals surface area contributed by atoms with E-state index in [-0.39, 0.29) is 13.0 Å². The van der Waals surface area contributed by atoms with E-state index in [1.807, 2.05) is 5.32 Å². The third-order valence-corrected chi connectivity index (χ3v) is 4.42. The molecule has 5 N–H and O–H groups in total. The highest BCUT2D eigenvalue weighted by molar-refractivity contribution is 7.75. The number of aliphatic carboxylic acids is 2. The van der Waals surface area contributed by atoms with Gasteiger partial charge in [-0.1, -0.05) is 0 Å². The first-order chi connectivity index (χ1) is 9.58. The molecular formula is C10H16NO9P. The fraction of sp³-hybridized carbons (Fsp3) is 0.600. The van der Waals surface area contributed by atoms with Gasteiger partial charge in [-0.25, -0.2) is 4.79 Å². The van der Waals surface area contributed by atoms with Crippen LogP contribution in [0.5, 0.6) is 0 Å². The summed E-state index contributed by atoms with van der Waals surface area (Å²) in [5, 5.41) is 27.4. The van der Waals surface area contributed by atoms with Gasteiger partial charge in [0, 0.05) is 19.1 Å². The second-order valence-electron chi connectivity index (χ2n) is 4.17. The van der Waals surface area contributed by atoms with Crippen LogP contribution in [0.1, 0.15) is 19.3 Å². The van der Waals surface area contributed by atoms with Crippen molar-refractivity contribution in [3.05, 3.63) is 0 Å². The van der Waals surface area contributed by atoms with Crippen molar-refractivity contribution < 1.29 is 44.0 Å². The zero-order valence-electron chi connectivity index (χ0n) is 10.9. The summed E-state index contributed by atoms with van der Waals surface area (Å²) in [6, 6.07) is 0. The molecule has 0 aliphatic heterocycles. The van der Waals surface area contributed by atoms with Gasteiger partial charge < -0.3 is 25.5 Å². The Hall–Kier alpha value is -1.93. The van der Waals surface area contributed by atoms with Gasteiger partial charge in [-0.05, 0) is 12.8 Å². The summed E-state index contributed by atoms with van der Waals surface area (Å²) in [6.45, 7) is -0.368. The Balaban J connectivity index is 4.70. The fourth-order valence-electron chi connectivity index (χ4n) is 1.47. The van der Waals surface area contributed by atoms with E-state index in [4.69, 9.17) is 15.3 Å². The predicted molar refractivity (Wildman–Crippen MR) is 68.3 cm³/mol. The number of hydrogen-bond acceptors (Lipinski definition) is 5. The number of carboxylic acid groups (broad SMARTS) is 3. The van der Waals surface area contributed by atoms with Crippen LogP contribution >= 0.6 is 7.37 Å². The first-order valence-corrected chi connectivity index (χ1v) is 7.70. The smallest absolute Gasteiger partial charge is 0.404 e. The molecule has 0 aromatic heterocycles. The molecule has 0 spiro atoms. The van der Waals surface area contributed by atoms with Crippen molar-refractivity contribution >= 4 is 30.9 Å². The van der Waals surface area contributed by atoms with Crippen LogP contribution in [0.2, 0.25) is 0 Å². The minimum absolute atomic E-state index is 0.242. The summed E-state index contributed by atoms with van der Waals surface area (Å²) in [5.41, 5.74) is -1.41. The molecule has 0 rings (SSSR count). The molecule has 11 heteroatoms. The molecule has 0 saturated heterocycles. The highest BCUT2D eigenvalue weighted by Crippen LogP contribution is 2.45. The Bertz CT molecular complexity index is 475. The molecule has 1 amide bonds. The average molecular weight is 325 g/mol. The highest BCUT2D eigenvalue weighted by atomic mass is 31.2. The lowest BCUT2D eigenvalue weighted by atomic mass is 10.1. The molecule has 0 aromatic rings. The molecule has 10 nitrogen and oxygen atoms in total. The molecule has 21 heavy (non-hydrogen) atoms. The van der Waals surface area contributed by atoms with Crippen LogP contribution in [0.25, 0.3) is 0 Å². The van der Waals surface area contributed by atoms with Gasteiger partial charge >= 0.3 is 18.0 Å². The van der Waals surface area contributed by atoms with E-state index < -0.39 is 55.8 Å². The Morgan fingerprint density at radius 2 is 1.67 bits per heavy atom. The molecular weight excluding hydrogens is 309 g/mol. The molecule has 2 atom stereocenters. The summed E-state index contributed by atoms with van der Waals surface area (Å²) in [7, 11) is -4.47. The summed E-state index contributed by atoms with van der Waals surface area (Å²) in [6.07, 6.45) is -3.18. The van der Waals surface area contributed by atoms with E-state index in [0.29, 0.717) is 0 Å². The number of carbonyl (C=O) groups excluding carboxylic acids is 1. The minimum Gasteiger partial charge on any atom is -0.481 e. The molecule has 120 valence electrons. The predicted octanol–water partition coefficient (Wildman–Crippen LogP) is 0.00670. The first-order valence-electron chi connectivity index (χ1n) is 5.85. The van der Waals surface area contributed by atoms with E-state index in [2.05, 4.69) is 0 Å². The summed E-state index contributed by atoms with van der Waals surface area (Å²) < 4.78 is 11.8. The average Bonchev–Trinajstić information content (AvgIpc) is 2.32. The summed E-state index contributed by atoms with van der Waals surface area (Å²) >= 11 is 0. The second kappa shape index (κ2) is 8.38. The largest absolute Gasteiger partial charge is 0.481 e. The summed E-state index contributed by atoms with van der Waals surface area (Å²) in [5.74, 6) is -4.67. The highest BCUT2D eigenvalue weighted by Gasteiger charge is 2.38. The maximum Gasteiger partial charge on any atom is 0.404 e. The lowest BCUT2D eigenvalue weighted by Crippen LogP contribution is -2.30. The normalized spacial score (nSPS) is 14.7. The molecule has 0 aromatic carbocycles. The van der Waals surface area contributed by atoms with Gasteiger partial charge in [0.1, 0.15) is 5.92 Å². The zero-order chi connectivity index (χ0) is 16.6. The maximum atomic E-state index is 11.8. The third kappa shape index (κ3) is 7.42. The van der Waals surface area contributed by atoms with Crippen molar-refractivity contribution in [1.82, 2.24) is 5.32 Å². The second-order valence-corrected chi connectivity index (χ2v) is 6.46. The monoisotopic (exact) mass is 325 g/mol. The maximum absolute atomic E-state index is 11.8. The van der Waals surface area contributed by atoms with Crippen LogP contribution in [0, 0.1) is 5.92 Å². The van der Waals surface area contributed by atoms with Crippen molar-refractivity contribution in [3.8, 4) is 0 Å². The van der Waals surface area contributed by atoms with E-state index in [9.17, 15) is 28.6 Å². The van der Waals surface area contributed by atoms with Gasteiger partial charge in [-0.2, -0.15) is 0 Å². The molecule has 0 aliphatic rings. The summed E-state index contributed by atoms with van der Waals surface area (Å²) in [4.78, 5) is 52.7. The standard InChI is InChI=1S/C10H16NO9P/c12-7(13)2-1-5-21(19,20)9(16)6(8(14)15)3-4-11-10(17)18/h6,11H,1-5H2,(H,12,13)(H,14,15)(H,17,18)(H,19,20). The Morgan fingerprint density at radius 3 is 2.10 bits per heavy atom. The topological polar surface area (TPSA) is 178 Å². The number of carboxylic acids is 2. The van der Waals surface area contributed by atoms with Crippen LogP contribution < -0.4 is 5.32 Å². The van der Waals surface area contributed by atoms with E-state index in [1.54, 1.807) is 0 Å². The van der Waals surface area contributed by atoms with Crippen LogP contribution in [0.4, 0.5) is 4.79 Å². The van der Waals surface area contributed by atoms with E-state index in [1.165, 1.54) is 0 Å². The van der Waals surface area contributed by atoms with Crippen molar-refractivity contribution in [3.63, 3.8) is 0 Å². The van der Waals surface area contributed by atoms with Crippen molar-refractivity contribution in [2.45, 2.75) is 19.3 Å². The van der Waals surface area contributed by atoms with Gasteiger partial charge in [-0.15, -0.1) is 0 Å². The van der Waals surface area contributed by atoms with Crippen LogP contribution in [-0.4, -0.2) is 56.5 Å². The van der Waals surface area contributed by atoms with Gasteiger partial charge in [0.2, 0.25) is 5.52 Å². The van der Waals surface area contributed by atoms with Crippen molar-refractivity contribution in [2.75, 3.05) is 12.7 Å². The lowest BCUT2D eigenvalue weighted by Gasteiger charge is -2.15. The zero-order valence-corrected chi connectivity index (χ0v) is 11.8. The molecule has 0 saturated carbocycles. The number of amides is 1. The van der Waals surface area contributed by atoms with E-state index in [0.717, 1.165) is 0 Å². The minimum atomic E-state index is -4.47. The number of carbonyl (C=O) groups is 4. The first kappa shape index (κ1) is 19.1. The fourth-order valence-corrected chi connectivity index (χ4v) is 3.01. The van der Waals surface area contributed by atoms with Crippen LogP contribution in [-0.2, 0) is 18.9 Å². The lowest BCUT2D eigenvalue weighted by molar-refractivity contribution is -0.145. The van der Waals surface area contributed by atoms with Crippen LogP contribution in [0.3, 0.4) is 0 Å². The van der Waals surface area contributed by atoms with Gasteiger partial charge in [-0.3, -0.25) is 18.9 Å². The Kier molecular flexibility index (Phi) is 7.61. The Morgan fingerprint density at radius 1 is 1.10 bits per heavy atom. The van der Waals surface area contributed by atoms with Crippen molar-refractivity contribution in [1.29, 1.82) is 0 Å². The molecule has 0 fully saturated rings. The number of nitrogens with one attached hydrogen (secondary N) is 1. The van der Waals surface area contributed by atoms with Gasteiger partial charge in [0.15, 0.2) is 0 Å². The molecule has 2 unspecified atom stereocenters. The molecule has 0 aliphatic carbocycles. The SMILES string of the molecule is O=C(O)CCCP(=O)(O)C(=O)C(CCNC(=O)O)C(=O)O. The number of rotatable bonds is 10. The van der Waals surface area contributed by atoms with Crippen molar-refractivity contribution in [2.24, 2.45) is 5.92 Å². The third-order valence-electron chi connectivity index (χ3n) is 2.50. The van der Waals surface area contributed by atoms with Gasteiger partial charge in [0.25, 0.3) is 7.37 Å².